The van der Waals surface area contributed by atoms with Gasteiger partial charge in [-0.1, -0.05) is 0 Å². The Bertz CT molecular complexity index is 272. The standard InChI is InChI=1S/C9H12N2O/c10-8-9-4-3-6-11(9)5-1-2-7-12/h3-4,6,12H,1-2,5,7H2. The minimum absolute atomic E-state index is 0.225. The van der Waals surface area contributed by atoms with Crippen molar-refractivity contribution in [2.75, 3.05) is 6.61 Å². The summed E-state index contributed by atoms with van der Waals surface area (Å²) in [4.78, 5) is 0. The molecule has 1 heterocycles. The molecule has 1 aromatic rings. The molecule has 0 aromatic carbocycles. The zero-order valence-electron chi connectivity index (χ0n) is 6.90. The van der Waals surface area contributed by atoms with Gasteiger partial charge in [-0.15, -0.1) is 0 Å². The van der Waals surface area contributed by atoms with Crippen LogP contribution >= 0.6 is 0 Å². The van der Waals surface area contributed by atoms with E-state index in [-0.39, 0.29) is 6.61 Å². The number of unbranched alkanes of at least 4 members (excludes halogenated alkanes) is 1. The zero-order chi connectivity index (χ0) is 8.81. The number of aliphatic hydroxyl groups is 1. The molecule has 0 saturated carbocycles. The smallest absolute Gasteiger partial charge is 0.120 e. The fraction of sp³-hybridized carbons (Fsp3) is 0.444. The summed E-state index contributed by atoms with van der Waals surface area (Å²) in [6, 6.07) is 5.75. The predicted molar refractivity (Wildman–Crippen MR) is 45.5 cm³/mol. The van der Waals surface area contributed by atoms with E-state index in [1.165, 1.54) is 0 Å². The van der Waals surface area contributed by atoms with Crippen molar-refractivity contribution in [2.45, 2.75) is 19.4 Å². The van der Waals surface area contributed by atoms with Gasteiger partial charge in [0.1, 0.15) is 11.8 Å². The average molecular weight is 164 g/mol. The molecule has 0 amide bonds. The first-order valence-corrected chi connectivity index (χ1v) is 4.04. The van der Waals surface area contributed by atoms with Crippen LogP contribution in [0.5, 0.6) is 0 Å². The number of nitriles is 1. The lowest BCUT2D eigenvalue weighted by Gasteiger charge is -2.02. The lowest BCUT2D eigenvalue weighted by molar-refractivity contribution is 0.281. The molecule has 0 aliphatic carbocycles. The molecule has 0 radical (unpaired) electrons. The first-order chi connectivity index (χ1) is 5.88. The van der Waals surface area contributed by atoms with Gasteiger partial charge in [0.25, 0.3) is 0 Å². The summed E-state index contributed by atoms with van der Waals surface area (Å²) < 4.78 is 1.90. The van der Waals surface area contributed by atoms with Gasteiger partial charge in [-0.25, -0.2) is 0 Å². The average Bonchev–Trinajstić information content (AvgIpc) is 2.52. The monoisotopic (exact) mass is 164 g/mol. The Morgan fingerprint density at radius 1 is 1.50 bits per heavy atom. The van der Waals surface area contributed by atoms with Crippen molar-refractivity contribution < 1.29 is 5.11 Å². The van der Waals surface area contributed by atoms with Crippen LogP contribution in [-0.4, -0.2) is 16.3 Å². The fourth-order valence-electron chi connectivity index (χ4n) is 1.10. The van der Waals surface area contributed by atoms with Crippen molar-refractivity contribution in [3.63, 3.8) is 0 Å². The zero-order valence-corrected chi connectivity index (χ0v) is 6.90. The Morgan fingerprint density at radius 3 is 3.00 bits per heavy atom. The molecule has 3 heteroatoms. The maximum Gasteiger partial charge on any atom is 0.120 e. The van der Waals surface area contributed by atoms with E-state index in [1.807, 2.05) is 16.8 Å². The molecule has 64 valence electrons. The third-order valence-electron chi connectivity index (χ3n) is 1.75. The molecule has 1 N–H and O–H groups in total. The molecule has 0 atom stereocenters. The van der Waals surface area contributed by atoms with Crippen molar-refractivity contribution >= 4 is 0 Å². The summed E-state index contributed by atoms with van der Waals surface area (Å²) in [5, 5.41) is 17.2. The highest BCUT2D eigenvalue weighted by Gasteiger charge is 1.97. The topological polar surface area (TPSA) is 49.0 Å². The number of hydrogen-bond acceptors (Lipinski definition) is 2. The van der Waals surface area contributed by atoms with Gasteiger partial charge in [-0.2, -0.15) is 5.26 Å². The van der Waals surface area contributed by atoms with Crippen molar-refractivity contribution in [1.29, 1.82) is 5.26 Å². The molecule has 0 aliphatic rings. The third-order valence-corrected chi connectivity index (χ3v) is 1.75. The SMILES string of the molecule is N#Cc1cccn1CCCCO. The van der Waals surface area contributed by atoms with Crippen LogP contribution in [0.25, 0.3) is 0 Å². The third kappa shape index (κ3) is 2.11. The number of aryl methyl sites for hydroxylation is 1. The van der Waals surface area contributed by atoms with E-state index in [0.29, 0.717) is 5.69 Å². The van der Waals surface area contributed by atoms with E-state index >= 15 is 0 Å². The van der Waals surface area contributed by atoms with E-state index in [0.717, 1.165) is 19.4 Å². The molecule has 12 heavy (non-hydrogen) atoms. The second kappa shape index (κ2) is 4.58. The molecule has 0 aliphatic heterocycles. The first-order valence-electron chi connectivity index (χ1n) is 4.04. The number of aromatic nitrogens is 1. The van der Waals surface area contributed by atoms with E-state index in [2.05, 4.69) is 6.07 Å². The van der Waals surface area contributed by atoms with Crippen LogP contribution in [0, 0.1) is 11.3 Å². The van der Waals surface area contributed by atoms with Gasteiger partial charge in [0.05, 0.1) is 0 Å². The van der Waals surface area contributed by atoms with Gasteiger partial charge < -0.3 is 9.67 Å². The maximum atomic E-state index is 8.64. The molecule has 3 nitrogen and oxygen atoms in total. The Hall–Kier alpha value is -1.27. The van der Waals surface area contributed by atoms with Crippen molar-refractivity contribution in [1.82, 2.24) is 4.57 Å². The minimum Gasteiger partial charge on any atom is -0.396 e. The second-order valence-corrected chi connectivity index (χ2v) is 2.63. The van der Waals surface area contributed by atoms with E-state index in [9.17, 15) is 0 Å². The highest BCUT2D eigenvalue weighted by molar-refractivity contribution is 5.21. The summed E-state index contributed by atoms with van der Waals surface area (Å²) in [6.45, 7) is 1.04. The van der Waals surface area contributed by atoms with Crippen LogP contribution in [0.15, 0.2) is 18.3 Å². The normalized spacial score (nSPS) is 9.67. The van der Waals surface area contributed by atoms with Gasteiger partial charge in [-0.3, -0.25) is 0 Å². The molecular formula is C9H12N2O. The summed E-state index contributed by atoms with van der Waals surface area (Å²) in [6.07, 6.45) is 3.60. The summed E-state index contributed by atoms with van der Waals surface area (Å²) in [7, 11) is 0. The predicted octanol–water partition coefficient (Wildman–Crippen LogP) is 1.13. The number of rotatable bonds is 4. The first kappa shape index (κ1) is 8.82. The van der Waals surface area contributed by atoms with Gasteiger partial charge in [-0.05, 0) is 25.0 Å². The molecule has 0 spiro atoms. The highest BCUT2D eigenvalue weighted by atomic mass is 16.2. The van der Waals surface area contributed by atoms with E-state index in [1.54, 1.807) is 6.07 Å². The van der Waals surface area contributed by atoms with Crippen molar-refractivity contribution in [3.05, 3.63) is 24.0 Å². The largest absolute Gasteiger partial charge is 0.396 e. The number of hydrogen-bond donors (Lipinski definition) is 1. The van der Waals surface area contributed by atoms with Crippen LogP contribution < -0.4 is 0 Å². The van der Waals surface area contributed by atoms with Crippen LogP contribution in [0.4, 0.5) is 0 Å². The lowest BCUT2D eigenvalue weighted by Crippen LogP contribution is -1.99. The van der Waals surface area contributed by atoms with Crippen LogP contribution in [-0.2, 0) is 6.54 Å². The Morgan fingerprint density at radius 2 is 2.33 bits per heavy atom. The molecule has 0 unspecified atom stereocenters. The number of nitrogens with zero attached hydrogens (tertiary/aromatic N) is 2. The minimum atomic E-state index is 0.225. The second-order valence-electron chi connectivity index (χ2n) is 2.63. The van der Waals surface area contributed by atoms with Crippen molar-refractivity contribution in [3.8, 4) is 6.07 Å². The van der Waals surface area contributed by atoms with Gasteiger partial charge in [0, 0.05) is 19.3 Å². The van der Waals surface area contributed by atoms with E-state index < -0.39 is 0 Å². The Kier molecular flexibility index (Phi) is 3.36. The Balaban J connectivity index is 2.46. The van der Waals surface area contributed by atoms with Gasteiger partial charge in [0.15, 0.2) is 0 Å². The Labute approximate surface area is 71.9 Å². The fourth-order valence-corrected chi connectivity index (χ4v) is 1.10. The molecule has 1 rings (SSSR count). The summed E-state index contributed by atoms with van der Waals surface area (Å²) in [5.41, 5.74) is 0.688. The van der Waals surface area contributed by atoms with Gasteiger partial charge in [0.2, 0.25) is 0 Å². The van der Waals surface area contributed by atoms with E-state index in [4.69, 9.17) is 10.4 Å². The quantitative estimate of drug-likeness (QED) is 0.678. The van der Waals surface area contributed by atoms with Crippen LogP contribution in [0.3, 0.4) is 0 Å². The van der Waals surface area contributed by atoms with Crippen LogP contribution in [0.1, 0.15) is 18.5 Å². The molecule has 1 aromatic heterocycles. The molecule has 0 fully saturated rings. The summed E-state index contributed by atoms with van der Waals surface area (Å²) in [5.74, 6) is 0. The molecular weight excluding hydrogens is 152 g/mol. The highest BCUT2D eigenvalue weighted by Crippen LogP contribution is 2.02. The van der Waals surface area contributed by atoms with Crippen molar-refractivity contribution in [2.24, 2.45) is 0 Å². The molecule has 0 saturated heterocycles. The molecule has 0 bridgehead atoms. The van der Waals surface area contributed by atoms with Crippen LogP contribution in [0.2, 0.25) is 0 Å². The summed E-state index contributed by atoms with van der Waals surface area (Å²) >= 11 is 0. The number of aliphatic hydroxyl groups excluding tert-OH is 1. The maximum absolute atomic E-state index is 8.64. The van der Waals surface area contributed by atoms with Gasteiger partial charge >= 0.3 is 0 Å². The lowest BCUT2D eigenvalue weighted by atomic mass is 10.3.